The van der Waals surface area contributed by atoms with Gasteiger partial charge < -0.3 is 4.57 Å². The lowest BCUT2D eigenvalue weighted by Gasteiger charge is -2.07. The summed E-state index contributed by atoms with van der Waals surface area (Å²) in [6.07, 6.45) is 5.07. The molecule has 3 nitrogen and oxygen atoms in total. The number of hydrogen-bond donors (Lipinski definition) is 0. The van der Waals surface area contributed by atoms with Crippen LogP contribution >= 0.6 is 22.9 Å². The van der Waals surface area contributed by atoms with Crippen LogP contribution in [0.3, 0.4) is 0 Å². The molecular formula is C13H9ClN2OS. The van der Waals surface area contributed by atoms with Gasteiger partial charge in [-0.1, -0.05) is 11.6 Å². The fraction of sp³-hybridized carbons (Fsp3) is 0.0769. The van der Waals surface area contributed by atoms with Crippen molar-refractivity contribution in [2.24, 2.45) is 0 Å². The maximum Gasteiger partial charge on any atom is 0.259 e. The Morgan fingerprint density at radius 2 is 2.22 bits per heavy atom. The van der Waals surface area contributed by atoms with Crippen molar-refractivity contribution in [3.63, 3.8) is 0 Å². The highest BCUT2D eigenvalue weighted by molar-refractivity contribution is 7.17. The third-order valence-corrected chi connectivity index (χ3v) is 4.01. The van der Waals surface area contributed by atoms with Crippen LogP contribution < -0.4 is 5.56 Å². The molecule has 0 aliphatic rings. The van der Waals surface area contributed by atoms with Crippen molar-refractivity contribution >= 4 is 33.0 Å². The zero-order chi connectivity index (χ0) is 12.5. The largest absolute Gasteiger partial charge is 0.310 e. The number of hydrogen-bond acceptors (Lipinski definition) is 3. The fourth-order valence-corrected chi connectivity index (χ4v) is 2.80. The monoisotopic (exact) mass is 276 g/mol. The lowest BCUT2D eigenvalue weighted by Crippen LogP contribution is -2.19. The standard InChI is InChI=1S/C13H9ClN2OS/c14-11-7-15-4-1-9(11)8-16-5-2-12-10(13(16)17)3-6-18-12/h1-7H,8H2. The molecule has 90 valence electrons. The van der Waals surface area contributed by atoms with Crippen molar-refractivity contribution in [2.45, 2.75) is 6.54 Å². The van der Waals surface area contributed by atoms with Gasteiger partial charge in [0.2, 0.25) is 0 Å². The van der Waals surface area contributed by atoms with Gasteiger partial charge in [-0.25, -0.2) is 0 Å². The number of pyridine rings is 2. The number of fused-ring (bicyclic) bond motifs is 1. The van der Waals surface area contributed by atoms with Crippen molar-refractivity contribution in [2.75, 3.05) is 0 Å². The smallest absolute Gasteiger partial charge is 0.259 e. The molecule has 0 fully saturated rings. The summed E-state index contributed by atoms with van der Waals surface area (Å²) in [6.45, 7) is 0.464. The molecule has 0 atom stereocenters. The Balaban J connectivity index is 2.08. The van der Waals surface area contributed by atoms with Crippen LogP contribution in [0.4, 0.5) is 0 Å². The molecule has 3 aromatic rings. The predicted octanol–water partition coefficient (Wildman–Crippen LogP) is 3.16. The summed E-state index contributed by atoms with van der Waals surface area (Å²) in [5, 5.41) is 3.26. The summed E-state index contributed by atoms with van der Waals surface area (Å²) in [7, 11) is 0. The summed E-state index contributed by atoms with van der Waals surface area (Å²) in [4.78, 5) is 16.1. The molecule has 0 aliphatic carbocycles. The van der Waals surface area contributed by atoms with Crippen LogP contribution in [0.5, 0.6) is 0 Å². The van der Waals surface area contributed by atoms with E-state index in [4.69, 9.17) is 11.6 Å². The van der Waals surface area contributed by atoms with Gasteiger partial charge in [0.1, 0.15) is 0 Å². The van der Waals surface area contributed by atoms with Crippen LogP contribution in [0.15, 0.2) is 47.0 Å². The molecule has 0 saturated carbocycles. The first-order chi connectivity index (χ1) is 8.75. The summed E-state index contributed by atoms with van der Waals surface area (Å²) in [6, 6.07) is 5.63. The van der Waals surface area contributed by atoms with Crippen LogP contribution in [-0.2, 0) is 6.54 Å². The van der Waals surface area contributed by atoms with Crippen LogP contribution in [0, 0.1) is 0 Å². The van der Waals surface area contributed by atoms with Gasteiger partial charge in [-0.05, 0) is 29.1 Å². The minimum Gasteiger partial charge on any atom is -0.310 e. The quantitative estimate of drug-likeness (QED) is 0.721. The van der Waals surface area contributed by atoms with Gasteiger partial charge in [-0.15, -0.1) is 11.3 Å². The van der Waals surface area contributed by atoms with Gasteiger partial charge in [0.15, 0.2) is 0 Å². The Kier molecular flexibility index (Phi) is 2.89. The third-order valence-electron chi connectivity index (χ3n) is 2.79. The lowest BCUT2D eigenvalue weighted by atomic mass is 10.2. The summed E-state index contributed by atoms with van der Waals surface area (Å²) < 4.78 is 2.67. The van der Waals surface area contributed by atoms with Crippen LogP contribution in [0.1, 0.15) is 5.56 Å². The summed E-state index contributed by atoms with van der Waals surface area (Å²) in [5.41, 5.74) is 0.907. The van der Waals surface area contributed by atoms with Crippen molar-refractivity contribution in [1.29, 1.82) is 0 Å². The van der Waals surface area contributed by atoms with Crippen molar-refractivity contribution < 1.29 is 0 Å². The van der Waals surface area contributed by atoms with Crippen molar-refractivity contribution in [3.05, 3.63) is 63.1 Å². The Hall–Kier alpha value is -1.65. The SMILES string of the molecule is O=c1c2ccsc2ccn1Cc1ccncc1Cl. The van der Waals surface area contributed by atoms with E-state index in [1.165, 1.54) is 0 Å². The van der Waals surface area contributed by atoms with Crippen molar-refractivity contribution in [1.82, 2.24) is 9.55 Å². The van der Waals surface area contributed by atoms with E-state index in [-0.39, 0.29) is 5.56 Å². The van der Waals surface area contributed by atoms with Gasteiger partial charge in [-0.2, -0.15) is 0 Å². The summed E-state index contributed by atoms with van der Waals surface area (Å²) in [5.74, 6) is 0. The van der Waals surface area contributed by atoms with E-state index >= 15 is 0 Å². The first kappa shape index (κ1) is 11.4. The minimum atomic E-state index is 0.0154. The molecule has 3 rings (SSSR count). The second-order valence-electron chi connectivity index (χ2n) is 3.91. The Morgan fingerprint density at radius 1 is 1.33 bits per heavy atom. The molecule has 0 aromatic carbocycles. The number of thiophene rings is 1. The van der Waals surface area contributed by atoms with Gasteiger partial charge in [-0.3, -0.25) is 9.78 Å². The van der Waals surface area contributed by atoms with Crippen molar-refractivity contribution in [3.8, 4) is 0 Å². The van der Waals surface area contributed by atoms with E-state index in [0.29, 0.717) is 11.6 Å². The van der Waals surface area contributed by atoms with Gasteiger partial charge in [0.05, 0.1) is 17.0 Å². The van der Waals surface area contributed by atoms with E-state index in [9.17, 15) is 4.79 Å². The highest BCUT2D eigenvalue weighted by Gasteiger charge is 2.06. The zero-order valence-corrected chi connectivity index (χ0v) is 10.9. The molecule has 3 heterocycles. The summed E-state index contributed by atoms with van der Waals surface area (Å²) >= 11 is 7.62. The molecule has 3 aromatic heterocycles. The van der Waals surface area contributed by atoms with E-state index in [2.05, 4.69) is 4.98 Å². The molecule has 18 heavy (non-hydrogen) atoms. The molecule has 5 heteroatoms. The molecule has 0 amide bonds. The van der Waals surface area contributed by atoms with Crippen LogP contribution in [-0.4, -0.2) is 9.55 Å². The maximum absolute atomic E-state index is 12.2. The van der Waals surface area contributed by atoms with Gasteiger partial charge in [0.25, 0.3) is 5.56 Å². The molecule has 0 spiro atoms. The fourth-order valence-electron chi connectivity index (χ4n) is 1.85. The number of aromatic nitrogens is 2. The molecule has 0 aliphatic heterocycles. The zero-order valence-electron chi connectivity index (χ0n) is 9.34. The van der Waals surface area contributed by atoms with E-state index in [1.54, 1.807) is 34.5 Å². The van der Waals surface area contributed by atoms with Gasteiger partial charge in [0, 0.05) is 23.3 Å². The second-order valence-corrected chi connectivity index (χ2v) is 5.27. The first-order valence-corrected chi connectivity index (χ1v) is 6.66. The molecule has 0 unspecified atom stereocenters. The van der Waals surface area contributed by atoms with Crippen LogP contribution in [0.2, 0.25) is 5.02 Å². The second kappa shape index (κ2) is 4.55. The number of nitrogens with zero attached hydrogens (tertiary/aromatic N) is 2. The average molecular weight is 277 g/mol. The Morgan fingerprint density at radius 3 is 3.06 bits per heavy atom. The van der Waals surface area contributed by atoms with E-state index in [0.717, 1.165) is 15.6 Å². The topological polar surface area (TPSA) is 34.9 Å². The third kappa shape index (κ3) is 1.94. The molecule has 0 bridgehead atoms. The maximum atomic E-state index is 12.2. The van der Waals surface area contributed by atoms with E-state index < -0.39 is 0 Å². The number of halogens is 1. The van der Waals surface area contributed by atoms with Gasteiger partial charge >= 0.3 is 0 Å². The molecule has 0 radical (unpaired) electrons. The highest BCUT2D eigenvalue weighted by Crippen LogP contribution is 2.18. The Labute approximate surface area is 112 Å². The molecule has 0 saturated heterocycles. The normalized spacial score (nSPS) is 10.9. The number of rotatable bonds is 2. The van der Waals surface area contributed by atoms with E-state index in [1.807, 2.05) is 23.6 Å². The molecule has 0 N–H and O–H groups in total. The first-order valence-electron chi connectivity index (χ1n) is 5.41. The Bertz CT molecular complexity index is 763. The molecular weight excluding hydrogens is 268 g/mol. The predicted molar refractivity (Wildman–Crippen MR) is 74.4 cm³/mol. The lowest BCUT2D eigenvalue weighted by molar-refractivity contribution is 0.767. The van der Waals surface area contributed by atoms with Crippen LogP contribution in [0.25, 0.3) is 10.1 Å². The average Bonchev–Trinajstić information content (AvgIpc) is 2.84. The minimum absolute atomic E-state index is 0.0154. The highest BCUT2D eigenvalue weighted by atomic mass is 35.5.